The summed E-state index contributed by atoms with van der Waals surface area (Å²) in [7, 11) is 0. The van der Waals surface area contributed by atoms with Gasteiger partial charge in [0.1, 0.15) is 11.8 Å². The van der Waals surface area contributed by atoms with Gasteiger partial charge in [0, 0.05) is 29.9 Å². The fourth-order valence-corrected chi connectivity index (χ4v) is 4.47. The number of aryl methyl sites for hydroxylation is 1. The topological polar surface area (TPSA) is 58.6 Å². The second kappa shape index (κ2) is 14.6. The van der Waals surface area contributed by atoms with Gasteiger partial charge in [0.15, 0.2) is 0 Å². The molecule has 0 radical (unpaired) electrons. The third kappa shape index (κ3) is 9.36. The number of hydrogen-bond acceptors (Lipinski definition) is 3. The highest BCUT2D eigenvalue weighted by molar-refractivity contribution is 9.10. The molecule has 0 saturated heterocycles. The fourth-order valence-electron chi connectivity index (χ4n) is 4.02. The van der Waals surface area contributed by atoms with Gasteiger partial charge >= 0.3 is 0 Å². The highest BCUT2D eigenvalue weighted by atomic mass is 79.9. The number of ether oxygens (including phenoxy) is 1. The standard InChI is InChI=1S/C31H37BrN2O3/c1-4-24(3)33-31(36)29(21-25-10-6-5-7-11-25)34(22-26-12-8-13-27(32)20-26)30(35)14-9-19-37-28-17-15-23(2)16-18-28/h5-8,10-13,15-18,20,24,29H,4,9,14,19,21-22H2,1-3H3,(H,33,36)/t24-,29+/m0/s1. The Morgan fingerprint density at radius 1 is 0.973 bits per heavy atom. The first kappa shape index (κ1) is 28.5. The van der Waals surface area contributed by atoms with E-state index in [2.05, 4.69) is 21.2 Å². The van der Waals surface area contributed by atoms with Crippen LogP contribution in [-0.2, 0) is 22.6 Å². The van der Waals surface area contributed by atoms with Crippen molar-refractivity contribution in [3.63, 3.8) is 0 Å². The molecule has 196 valence electrons. The zero-order chi connectivity index (χ0) is 26.6. The zero-order valence-corrected chi connectivity index (χ0v) is 23.5. The Morgan fingerprint density at radius 2 is 1.68 bits per heavy atom. The van der Waals surface area contributed by atoms with E-state index in [0.29, 0.717) is 32.4 Å². The number of hydrogen-bond donors (Lipinski definition) is 1. The van der Waals surface area contributed by atoms with E-state index in [1.165, 1.54) is 5.56 Å². The summed E-state index contributed by atoms with van der Waals surface area (Å²) in [6, 6.07) is 25.0. The van der Waals surface area contributed by atoms with Crippen molar-refractivity contribution in [1.29, 1.82) is 0 Å². The first-order chi connectivity index (χ1) is 17.9. The molecule has 37 heavy (non-hydrogen) atoms. The van der Waals surface area contributed by atoms with Crippen LogP contribution in [0.2, 0.25) is 0 Å². The minimum Gasteiger partial charge on any atom is -0.494 e. The normalized spacial score (nSPS) is 12.4. The average Bonchev–Trinajstić information content (AvgIpc) is 2.90. The molecule has 0 aliphatic heterocycles. The van der Waals surface area contributed by atoms with Gasteiger partial charge in [-0.25, -0.2) is 0 Å². The molecule has 3 aromatic carbocycles. The van der Waals surface area contributed by atoms with Gasteiger partial charge < -0.3 is 15.0 Å². The lowest BCUT2D eigenvalue weighted by molar-refractivity contribution is -0.141. The molecule has 3 rings (SSSR count). The van der Waals surface area contributed by atoms with Crippen molar-refractivity contribution in [3.8, 4) is 5.75 Å². The lowest BCUT2D eigenvalue weighted by Gasteiger charge is -2.32. The molecular weight excluding hydrogens is 528 g/mol. The molecule has 0 saturated carbocycles. The van der Waals surface area contributed by atoms with Crippen LogP contribution in [0.15, 0.2) is 83.3 Å². The second-order valence-corrected chi connectivity index (χ2v) is 10.4. The maximum atomic E-state index is 13.7. The molecule has 0 aliphatic rings. The van der Waals surface area contributed by atoms with Crippen LogP contribution in [0, 0.1) is 6.92 Å². The molecular formula is C31H37BrN2O3. The van der Waals surface area contributed by atoms with Crippen molar-refractivity contribution in [1.82, 2.24) is 10.2 Å². The summed E-state index contributed by atoms with van der Waals surface area (Å²) in [6.45, 7) is 6.84. The van der Waals surface area contributed by atoms with Crippen LogP contribution < -0.4 is 10.1 Å². The molecule has 2 amide bonds. The Hall–Kier alpha value is -3.12. The summed E-state index contributed by atoms with van der Waals surface area (Å²) in [4.78, 5) is 28.9. The molecule has 0 bridgehead atoms. The van der Waals surface area contributed by atoms with Crippen LogP contribution in [0.4, 0.5) is 0 Å². The quantitative estimate of drug-likeness (QED) is 0.242. The second-order valence-electron chi connectivity index (χ2n) is 9.44. The molecule has 0 aliphatic carbocycles. The Bertz CT molecular complexity index is 1130. The molecule has 1 N–H and O–H groups in total. The van der Waals surface area contributed by atoms with Crippen molar-refractivity contribution in [2.75, 3.05) is 6.61 Å². The third-order valence-electron chi connectivity index (χ3n) is 6.34. The maximum absolute atomic E-state index is 13.7. The molecule has 0 unspecified atom stereocenters. The number of halogens is 1. The zero-order valence-electron chi connectivity index (χ0n) is 22.0. The predicted molar refractivity (Wildman–Crippen MR) is 152 cm³/mol. The minimum absolute atomic E-state index is 0.0245. The maximum Gasteiger partial charge on any atom is 0.243 e. The number of rotatable bonds is 13. The molecule has 3 aromatic rings. The summed E-state index contributed by atoms with van der Waals surface area (Å²) in [5, 5.41) is 3.11. The Balaban J connectivity index is 1.79. The highest BCUT2D eigenvalue weighted by Crippen LogP contribution is 2.19. The van der Waals surface area contributed by atoms with E-state index < -0.39 is 6.04 Å². The summed E-state index contributed by atoms with van der Waals surface area (Å²) >= 11 is 3.53. The number of benzene rings is 3. The molecule has 0 spiro atoms. The number of carbonyl (C=O) groups excluding carboxylic acids is 2. The minimum atomic E-state index is -0.624. The third-order valence-corrected chi connectivity index (χ3v) is 6.83. The van der Waals surface area contributed by atoms with Crippen molar-refractivity contribution in [2.24, 2.45) is 0 Å². The van der Waals surface area contributed by atoms with E-state index in [9.17, 15) is 9.59 Å². The average molecular weight is 566 g/mol. The smallest absolute Gasteiger partial charge is 0.243 e. The van der Waals surface area contributed by atoms with Crippen LogP contribution in [0.25, 0.3) is 0 Å². The van der Waals surface area contributed by atoms with E-state index in [4.69, 9.17) is 4.74 Å². The summed E-state index contributed by atoms with van der Waals surface area (Å²) in [5.74, 6) is 0.601. The van der Waals surface area contributed by atoms with Crippen LogP contribution in [0.5, 0.6) is 5.75 Å². The van der Waals surface area contributed by atoms with E-state index in [1.807, 2.05) is 99.6 Å². The summed E-state index contributed by atoms with van der Waals surface area (Å²) in [6.07, 6.45) is 2.12. The van der Waals surface area contributed by atoms with Gasteiger partial charge in [-0.1, -0.05) is 83.0 Å². The van der Waals surface area contributed by atoms with Gasteiger partial charge in [0.05, 0.1) is 6.61 Å². The van der Waals surface area contributed by atoms with E-state index in [0.717, 1.165) is 27.8 Å². The molecule has 0 fully saturated rings. The van der Waals surface area contributed by atoms with E-state index in [-0.39, 0.29) is 17.9 Å². The van der Waals surface area contributed by atoms with Crippen molar-refractivity contribution in [3.05, 3.63) is 100 Å². The number of amides is 2. The lowest BCUT2D eigenvalue weighted by Crippen LogP contribution is -2.52. The number of nitrogens with one attached hydrogen (secondary N) is 1. The summed E-state index contributed by atoms with van der Waals surface area (Å²) < 4.78 is 6.78. The van der Waals surface area contributed by atoms with Crippen molar-refractivity contribution >= 4 is 27.7 Å². The van der Waals surface area contributed by atoms with Crippen LogP contribution in [0.1, 0.15) is 49.8 Å². The van der Waals surface area contributed by atoms with Gasteiger partial charge in [-0.2, -0.15) is 0 Å². The van der Waals surface area contributed by atoms with Gasteiger partial charge in [-0.15, -0.1) is 0 Å². The predicted octanol–water partition coefficient (Wildman–Crippen LogP) is 6.47. The monoisotopic (exact) mass is 564 g/mol. The largest absolute Gasteiger partial charge is 0.494 e. The Kier molecular flexibility index (Phi) is 11.2. The highest BCUT2D eigenvalue weighted by Gasteiger charge is 2.30. The van der Waals surface area contributed by atoms with Gasteiger partial charge in [0.2, 0.25) is 11.8 Å². The molecule has 5 nitrogen and oxygen atoms in total. The fraction of sp³-hybridized carbons (Fsp3) is 0.355. The molecule has 0 aromatic heterocycles. The first-order valence-electron chi connectivity index (χ1n) is 12.9. The number of carbonyl (C=O) groups is 2. The molecule has 0 heterocycles. The van der Waals surface area contributed by atoms with Gasteiger partial charge in [-0.3, -0.25) is 9.59 Å². The van der Waals surface area contributed by atoms with Gasteiger partial charge in [-0.05, 0) is 62.1 Å². The number of nitrogens with zero attached hydrogens (tertiary/aromatic N) is 1. The Labute approximate surface area is 229 Å². The van der Waals surface area contributed by atoms with Crippen LogP contribution in [0.3, 0.4) is 0 Å². The van der Waals surface area contributed by atoms with Gasteiger partial charge in [0.25, 0.3) is 0 Å². The Morgan fingerprint density at radius 3 is 2.35 bits per heavy atom. The summed E-state index contributed by atoms with van der Waals surface area (Å²) in [5.41, 5.74) is 3.15. The molecule has 6 heteroatoms. The lowest BCUT2D eigenvalue weighted by atomic mass is 10.0. The van der Waals surface area contributed by atoms with Crippen LogP contribution in [-0.4, -0.2) is 35.4 Å². The molecule has 2 atom stereocenters. The van der Waals surface area contributed by atoms with E-state index in [1.54, 1.807) is 4.90 Å². The first-order valence-corrected chi connectivity index (χ1v) is 13.7. The van der Waals surface area contributed by atoms with Crippen molar-refractivity contribution in [2.45, 2.75) is 65.1 Å². The van der Waals surface area contributed by atoms with Crippen LogP contribution >= 0.6 is 15.9 Å². The SMILES string of the molecule is CC[C@H](C)NC(=O)[C@@H](Cc1ccccc1)N(Cc1cccc(Br)c1)C(=O)CCCOc1ccc(C)cc1. The van der Waals surface area contributed by atoms with E-state index >= 15 is 0 Å². The van der Waals surface area contributed by atoms with Crippen molar-refractivity contribution < 1.29 is 14.3 Å².